The molecular weight excluding hydrogens is 280 g/mol. The number of carbonyl (C=O) groups excluding carboxylic acids is 1. The average molecular weight is 302 g/mol. The summed E-state index contributed by atoms with van der Waals surface area (Å²) in [7, 11) is 0. The summed E-state index contributed by atoms with van der Waals surface area (Å²) in [6.45, 7) is 8.61. The van der Waals surface area contributed by atoms with Crippen LogP contribution in [0.15, 0.2) is 36.9 Å². The molecule has 2 heterocycles. The van der Waals surface area contributed by atoms with Crippen LogP contribution in [0.1, 0.15) is 15.9 Å². The van der Waals surface area contributed by atoms with Crippen molar-refractivity contribution in [2.45, 2.75) is 12.1 Å². The van der Waals surface area contributed by atoms with Crippen molar-refractivity contribution in [3.05, 3.63) is 48.0 Å². The molecule has 22 heavy (non-hydrogen) atoms. The zero-order chi connectivity index (χ0) is 15.6. The zero-order valence-electron chi connectivity index (χ0n) is 12.7. The highest BCUT2D eigenvalue weighted by Crippen LogP contribution is 2.24. The molecule has 0 atom stereocenters. The van der Waals surface area contributed by atoms with Gasteiger partial charge in [0.15, 0.2) is 0 Å². The lowest BCUT2D eigenvalue weighted by Crippen LogP contribution is -2.62. The Labute approximate surface area is 130 Å². The van der Waals surface area contributed by atoms with Crippen molar-refractivity contribution in [1.82, 2.24) is 9.80 Å². The molecule has 0 aliphatic carbocycles. The van der Waals surface area contributed by atoms with Crippen molar-refractivity contribution in [2.24, 2.45) is 0 Å². The van der Waals surface area contributed by atoms with E-state index in [0.29, 0.717) is 18.7 Å². The highest BCUT2D eigenvalue weighted by atomic mass is 16.5. The Morgan fingerprint density at radius 1 is 1.27 bits per heavy atom. The normalized spacial score (nSPS) is 21.2. The van der Waals surface area contributed by atoms with E-state index in [1.165, 1.54) is 11.6 Å². The Morgan fingerprint density at radius 3 is 2.50 bits per heavy atom. The van der Waals surface area contributed by atoms with E-state index in [0.717, 1.165) is 32.8 Å². The number of carbonyl (C=O) groups is 1. The molecule has 1 aromatic carbocycles. The lowest BCUT2D eigenvalue weighted by molar-refractivity contribution is -0.0454. The lowest BCUT2D eigenvalue weighted by Gasteiger charge is -2.44. The monoisotopic (exact) mass is 302 g/mol. The molecule has 1 N–H and O–H groups in total. The minimum Gasteiger partial charge on any atom is -0.382 e. The summed E-state index contributed by atoms with van der Waals surface area (Å²) < 4.78 is 5.34. The number of rotatable bonds is 4. The van der Waals surface area contributed by atoms with E-state index in [1.54, 1.807) is 4.90 Å². The SMILES string of the molecule is C=CC1(O)CN(C(=O)c2ccc(CN3CCOCC3)cc2)C1. The van der Waals surface area contributed by atoms with Crippen LogP contribution in [0.4, 0.5) is 0 Å². The maximum Gasteiger partial charge on any atom is 0.254 e. The highest BCUT2D eigenvalue weighted by Gasteiger charge is 2.41. The molecule has 2 aliphatic rings. The van der Waals surface area contributed by atoms with Gasteiger partial charge in [-0.05, 0) is 17.7 Å². The number of amides is 1. The number of ether oxygens (including phenoxy) is 1. The molecule has 2 saturated heterocycles. The van der Waals surface area contributed by atoms with E-state index in [9.17, 15) is 9.90 Å². The number of morpholine rings is 1. The van der Waals surface area contributed by atoms with Gasteiger partial charge in [-0.1, -0.05) is 18.2 Å². The third-order valence-electron chi connectivity index (χ3n) is 4.31. The Hall–Kier alpha value is -1.69. The number of likely N-dealkylation sites (tertiary alicyclic amines) is 1. The van der Waals surface area contributed by atoms with Gasteiger partial charge in [0.1, 0.15) is 5.60 Å². The van der Waals surface area contributed by atoms with Gasteiger partial charge in [0.25, 0.3) is 5.91 Å². The second-order valence-corrected chi connectivity index (χ2v) is 6.05. The predicted octanol–water partition coefficient (Wildman–Crippen LogP) is 0.892. The van der Waals surface area contributed by atoms with E-state index in [1.807, 2.05) is 24.3 Å². The average Bonchev–Trinajstić information content (AvgIpc) is 2.53. The molecule has 2 aliphatic heterocycles. The Morgan fingerprint density at radius 2 is 1.91 bits per heavy atom. The molecule has 0 saturated carbocycles. The largest absolute Gasteiger partial charge is 0.382 e. The molecule has 118 valence electrons. The van der Waals surface area contributed by atoms with Gasteiger partial charge in [-0.3, -0.25) is 9.69 Å². The first-order valence-electron chi connectivity index (χ1n) is 7.64. The number of hydrogen-bond donors (Lipinski definition) is 1. The molecule has 0 radical (unpaired) electrons. The third kappa shape index (κ3) is 3.21. The van der Waals surface area contributed by atoms with Gasteiger partial charge >= 0.3 is 0 Å². The van der Waals surface area contributed by atoms with Crippen molar-refractivity contribution in [3.8, 4) is 0 Å². The predicted molar refractivity (Wildman–Crippen MR) is 83.6 cm³/mol. The lowest BCUT2D eigenvalue weighted by atomic mass is 9.93. The molecule has 5 nitrogen and oxygen atoms in total. The first kappa shape index (κ1) is 15.2. The Bertz CT molecular complexity index is 544. The summed E-state index contributed by atoms with van der Waals surface area (Å²) in [5, 5.41) is 9.88. The fourth-order valence-electron chi connectivity index (χ4n) is 2.84. The van der Waals surface area contributed by atoms with E-state index in [-0.39, 0.29) is 5.91 Å². The highest BCUT2D eigenvalue weighted by molar-refractivity contribution is 5.95. The van der Waals surface area contributed by atoms with Crippen LogP contribution < -0.4 is 0 Å². The molecule has 0 aromatic heterocycles. The molecule has 1 aromatic rings. The second kappa shape index (κ2) is 6.20. The quantitative estimate of drug-likeness (QED) is 0.839. The summed E-state index contributed by atoms with van der Waals surface area (Å²) in [5.74, 6) is -0.0375. The molecule has 0 spiro atoms. The topological polar surface area (TPSA) is 53.0 Å². The van der Waals surface area contributed by atoms with Gasteiger partial charge in [-0.25, -0.2) is 0 Å². The number of aliphatic hydroxyl groups is 1. The van der Waals surface area contributed by atoms with Crippen molar-refractivity contribution < 1.29 is 14.6 Å². The van der Waals surface area contributed by atoms with Crippen molar-refractivity contribution in [3.63, 3.8) is 0 Å². The molecule has 5 heteroatoms. The van der Waals surface area contributed by atoms with E-state index in [2.05, 4.69) is 11.5 Å². The van der Waals surface area contributed by atoms with Crippen molar-refractivity contribution in [1.29, 1.82) is 0 Å². The summed E-state index contributed by atoms with van der Waals surface area (Å²) in [6, 6.07) is 7.73. The molecule has 1 amide bonds. The summed E-state index contributed by atoms with van der Waals surface area (Å²) in [5.41, 5.74) is 0.952. The van der Waals surface area contributed by atoms with Crippen LogP contribution in [0.5, 0.6) is 0 Å². The Kier molecular flexibility index (Phi) is 4.29. The van der Waals surface area contributed by atoms with Gasteiger partial charge in [-0.15, -0.1) is 6.58 Å². The van der Waals surface area contributed by atoms with Crippen LogP contribution in [-0.2, 0) is 11.3 Å². The van der Waals surface area contributed by atoms with Crippen LogP contribution in [0, 0.1) is 0 Å². The smallest absolute Gasteiger partial charge is 0.254 e. The molecular formula is C17H22N2O3. The summed E-state index contributed by atoms with van der Waals surface area (Å²) in [4.78, 5) is 16.3. The second-order valence-electron chi connectivity index (χ2n) is 6.05. The van der Waals surface area contributed by atoms with Gasteiger partial charge < -0.3 is 14.7 Å². The first-order valence-corrected chi connectivity index (χ1v) is 7.64. The first-order chi connectivity index (χ1) is 10.6. The molecule has 0 bridgehead atoms. The van der Waals surface area contributed by atoms with Gasteiger partial charge in [0.05, 0.1) is 26.3 Å². The fraction of sp³-hybridized carbons (Fsp3) is 0.471. The minimum absolute atomic E-state index is 0.0375. The zero-order valence-corrected chi connectivity index (χ0v) is 12.7. The number of hydrogen-bond acceptors (Lipinski definition) is 4. The van der Waals surface area contributed by atoms with E-state index < -0.39 is 5.60 Å². The van der Waals surface area contributed by atoms with Crippen molar-refractivity contribution in [2.75, 3.05) is 39.4 Å². The van der Waals surface area contributed by atoms with Crippen LogP contribution >= 0.6 is 0 Å². The summed E-state index contributed by atoms with van der Waals surface area (Å²) >= 11 is 0. The van der Waals surface area contributed by atoms with Gasteiger partial charge in [0, 0.05) is 25.2 Å². The van der Waals surface area contributed by atoms with E-state index >= 15 is 0 Å². The summed E-state index contributed by atoms with van der Waals surface area (Å²) in [6.07, 6.45) is 1.50. The molecule has 2 fully saturated rings. The number of benzene rings is 1. The number of β-amino-alcohol motifs (C(OH)–C–C–N with tert-alkyl or cyclic N) is 1. The van der Waals surface area contributed by atoms with Crippen LogP contribution in [-0.4, -0.2) is 65.8 Å². The van der Waals surface area contributed by atoms with Crippen LogP contribution in [0.2, 0.25) is 0 Å². The Balaban J connectivity index is 1.57. The standard InChI is InChI=1S/C17H22N2O3/c1-2-17(21)12-19(13-17)16(20)15-5-3-14(4-6-15)11-18-7-9-22-10-8-18/h2-6,21H,1,7-13H2. The minimum atomic E-state index is -0.911. The molecule has 0 unspecified atom stereocenters. The molecule has 3 rings (SSSR count). The van der Waals surface area contributed by atoms with Gasteiger partial charge in [-0.2, -0.15) is 0 Å². The van der Waals surface area contributed by atoms with Crippen LogP contribution in [0.3, 0.4) is 0 Å². The van der Waals surface area contributed by atoms with Gasteiger partial charge in [0.2, 0.25) is 0 Å². The maximum atomic E-state index is 12.3. The maximum absolute atomic E-state index is 12.3. The number of nitrogens with zero attached hydrogens (tertiary/aromatic N) is 2. The van der Waals surface area contributed by atoms with Crippen molar-refractivity contribution >= 4 is 5.91 Å². The third-order valence-corrected chi connectivity index (χ3v) is 4.31. The van der Waals surface area contributed by atoms with Crippen LogP contribution in [0.25, 0.3) is 0 Å². The fourth-order valence-corrected chi connectivity index (χ4v) is 2.84. The van der Waals surface area contributed by atoms with E-state index in [4.69, 9.17) is 4.74 Å².